The number of ether oxygens (including phenoxy) is 1. The number of hydrogen-bond donors (Lipinski definition) is 1. The summed E-state index contributed by atoms with van der Waals surface area (Å²) in [6, 6.07) is 12.1. The Morgan fingerprint density at radius 1 is 1.14 bits per heavy atom. The lowest BCUT2D eigenvalue weighted by Crippen LogP contribution is -2.60. The molecular formula is C26H27F2N3O5S. The highest BCUT2D eigenvalue weighted by Crippen LogP contribution is 2.39. The van der Waals surface area contributed by atoms with E-state index in [1.54, 1.807) is 31.2 Å². The molecule has 11 heteroatoms. The summed E-state index contributed by atoms with van der Waals surface area (Å²) >= 11 is 0. The monoisotopic (exact) mass is 531 g/mol. The molecule has 0 saturated carbocycles. The van der Waals surface area contributed by atoms with Gasteiger partial charge >= 0.3 is 0 Å². The van der Waals surface area contributed by atoms with Gasteiger partial charge in [-0.15, -0.1) is 0 Å². The van der Waals surface area contributed by atoms with Gasteiger partial charge in [-0.25, -0.2) is 17.2 Å². The molecule has 5 rings (SSSR count). The van der Waals surface area contributed by atoms with Gasteiger partial charge in [0.2, 0.25) is 15.9 Å². The molecule has 1 amide bonds. The fourth-order valence-electron chi connectivity index (χ4n) is 5.00. The summed E-state index contributed by atoms with van der Waals surface area (Å²) < 4.78 is 69.0. The van der Waals surface area contributed by atoms with Crippen molar-refractivity contribution in [3.63, 3.8) is 0 Å². The van der Waals surface area contributed by atoms with Gasteiger partial charge in [0.25, 0.3) is 0 Å². The van der Waals surface area contributed by atoms with Crippen molar-refractivity contribution in [2.45, 2.75) is 49.6 Å². The zero-order valence-electron chi connectivity index (χ0n) is 20.2. The molecule has 0 spiro atoms. The number of rotatable bonds is 7. The first-order valence-electron chi connectivity index (χ1n) is 12.0. The van der Waals surface area contributed by atoms with E-state index in [9.17, 15) is 13.2 Å². The van der Waals surface area contributed by atoms with E-state index in [-0.39, 0.29) is 43.3 Å². The number of nitrogens with zero attached hydrogens (tertiary/aromatic N) is 2. The van der Waals surface area contributed by atoms with Crippen LogP contribution in [0.2, 0.25) is 0 Å². The number of sulfonamides is 1. The van der Waals surface area contributed by atoms with Crippen LogP contribution in [0, 0.1) is 11.6 Å². The van der Waals surface area contributed by atoms with Gasteiger partial charge in [0, 0.05) is 29.8 Å². The lowest BCUT2D eigenvalue weighted by atomic mass is 9.86. The Kier molecular flexibility index (Phi) is 6.86. The van der Waals surface area contributed by atoms with Crippen molar-refractivity contribution in [1.29, 1.82) is 0 Å². The minimum Gasteiger partial charge on any atom is -0.376 e. The second-order valence-corrected chi connectivity index (χ2v) is 11.7. The third-order valence-corrected chi connectivity index (χ3v) is 9.45. The molecule has 8 nitrogen and oxygen atoms in total. The van der Waals surface area contributed by atoms with Crippen molar-refractivity contribution in [3.05, 3.63) is 88.8 Å². The molecule has 0 radical (unpaired) electrons. The number of carbonyl (C=O) groups excluding carboxylic acids is 1. The van der Waals surface area contributed by atoms with Crippen molar-refractivity contribution < 1.29 is 31.3 Å². The molecule has 2 aromatic carbocycles. The summed E-state index contributed by atoms with van der Waals surface area (Å²) in [5.74, 6) is -1.94. The van der Waals surface area contributed by atoms with Gasteiger partial charge in [0.05, 0.1) is 25.3 Å². The quantitative estimate of drug-likeness (QED) is 0.500. The maximum absolute atomic E-state index is 15.4. The van der Waals surface area contributed by atoms with Gasteiger partial charge in [-0.1, -0.05) is 35.5 Å². The van der Waals surface area contributed by atoms with Crippen molar-refractivity contribution in [3.8, 4) is 0 Å². The third kappa shape index (κ3) is 4.90. The van der Waals surface area contributed by atoms with Crippen LogP contribution in [0.25, 0.3) is 0 Å². The lowest BCUT2D eigenvalue weighted by Gasteiger charge is -2.42. The van der Waals surface area contributed by atoms with Crippen LogP contribution < -0.4 is 5.32 Å². The molecule has 2 fully saturated rings. The molecule has 1 aromatic heterocycles. The van der Waals surface area contributed by atoms with Gasteiger partial charge in [-0.2, -0.15) is 4.31 Å². The first kappa shape index (κ1) is 25.5. The van der Waals surface area contributed by atoms with Gasteiger partial charge in [-0.05, 0) is 37.5 Å². The average molecular weight is 532 g/mol. The fraction of sp³-hybridized carbons (Fsp3) is 0.385. The van der Waals surface area contributed by atoms with Crippen molar-refractivity contribution in [1.82, 2.24) is 14.8 Å². The molecule has 2 atom stereocenters. The topological polar surface area (TPSA) is 102 Å². The van der Waals surface area contributed by atoms with Crippen molar-refractivity contribution >= 4 is 15.9 Å². The van der Waals surface area contributed by atoms with Gasteiger partial charge in [0.1, 0.15) is 28.7 Å². The van der Waals surface area contributed by atoms with Gasteiger partial charge in [-0.3, -0.25) is 4.79 Å². The van der Waals surface area contributed by atoms with Crippen LogP contribution in [0.5, 0.6) is 0 Å². The average Bonchev–Trinajstić information content (AvgIpc) is 3.34. The number of aromatic nitrogens is 1. The minimum absolute atomic E-state index is 0.0242. The van der Waals surface area contributed by atoms with Crippen LogP contribution in [0.15, 0.2) is 59.3 Å². The SMILES string of the molecule is C[C@H]1CC[C@H](c2ccccc2)S(=O)(=O)N1Cc1cc(F)c(C2(NC(=O)Cc3ccon3)COC2)cc1F. The molecule has 196 valence electrons. The molecule has 0 bridgehead atoms. The zero-order valence-corrected chi connectivity index (χ0v) is 21.0. The van der Waals surface area contributed by atoms with Crippen LogP contribution in [-0.2, 0) is 38.1 Å². The molecule has 2 aliphatic rings. The Morgan fingerprint density at radius 2 is 1.89 bits per heavy atom. The highest BCUT2D eigenvalue weighted by molar-refractivity contribution is 7.89. The maximum atomic E-state index is 15.4. The van der Waals surface area contributed by atoms with Crippen LogP contribution in [0.4, 0.5) is 8.78 Å². The lowest BCUT2D eigenvalue weighted by molar-refractivity contribution is -0.133. The highest BCUT2D eigenvalue weighted by atomic mass is 32.2. The zero-order chi connectivity index (χ0) is 26.2. The smallest absolute Gasteiger partial charge is 0.227 e. The molecule has 0 aliphatic carbocycles. The van der Waals surface area contributed by atoms with E-state index in [1.807, 2.05) is 6.07 Å². The number of amides is 1. The van der Waals surface area contributed by atoms with Gasteiger partial charge < -0.3 is 14.6 Å². The Balaban J connectivity index is 1.39. The first-order valence-corrected chi connectivity index (χ1v) is 13.5. The van der Waals surface area contributed by atoms with Crippen molar-refractivity contribution in [2.75, 3.05) is 13.2 Å². The summed E-state index contributed by atoms with van der Waals surface area (Å²) in [5.41, 5.74) is -0.275. The van der Waals surface area contributed by atoms with Crippen LogP contribution in [-0.4, -0.2) is 43.0 Å². The number of nitrogens with one attached hydrogen (secondary N) is 1. The predicted molar refractivity (Wildman–Crippen MR) is 130 cm³/mol. The van der Waals surface area contributed by atoms with E-state index in [4.69, 9.17) is 9.26 Å². The molecule has 0 unspecified atom stereocenters. The molecule has 3 heterocycles. The van der Waals surface area contributed by atoms with E-state index in [1.165, 1.54) is 16.6 Å². The van der Waals surface area contributed by atoms with E-state index in [0.717, 1.165) is 12.1 Å². The van der Waals surface area contributed by atoms with Crippen LogP contribution >= 0.6 is 0 Å². The molecule has 1 N–H and O–H groups in total. The van der Waals surface area contributed by atoms with Crippen LogP contribution in [0.1, 0.15) is 47.4 Å². The summed E-state index contributed by atoms with van der Waals surface area (Å²) in [6.07, 6.45) is 2.30. The van der Waals surface area contributed by atoms with E-state index < -0.39 is 38.4 Å². The summed E-state index contributed by atoms with van der Waals surface area (Å²) in [7, 11) is -3.81. The predicted octanol–water partition coefficient (Wildman–Crippen LogP) is 3.59. The Labute approximate surface area is 213 Å². The van der Waals surface area contributed by atoms with E-state index >= 15 is 8.78 Å². The van der Waals surface area contributed by atoms with E-state index in [0.29, 0.717) is 24.1 Å². The summed E-state index contributed by atoms with van der Waals surface area (Å²) in [5, 5.41) is 5.68. The Bertz CT molecular complexity index is 1380. The number of benzene rings is 2. The fourth-order valence-corrected chi connectivity index (χ4v) is 7.19. The minimum atomic E-state index is -3.81. The summed E-state index contributed by atoms with van der Waals surface area (Å²) in [6.45, 7) is 1.43. The number of hydrogen-bond acceptors (Lipinski definition) is 6. The summed E-state index contributed by atoms with van der Waals surface area (Å²) in [4.78, 5) is 12.5. The van der Waals surface area contributed by atoms with Crippen molar-refractivity contribution in [2.24, 2.45) is 0 Å². The number of carbonyl (C=O) groups is 1. The maximum Gasteiger partial charge on any atom is 0.227 e. The normalized spacial score (nSPS) is 22.8. The molecular weight excluding hydrogens is 504 g/mol. The Morgan fingerprint density at radius 3 is 2.54 bits per heavy atom. The molecule has 3 aromatic rings. The van der Waals surface area contributed by atoms with E-state index in [2.05, 4.69) is 10.5 Å². The Hall–Kier alpha value is -3.15. The highest BCUT2D eigenvalue weighted by Gasteiger charge is 2.45. The number of halogens is 2. The largest absolute Gasteiger partial charge is 0.376 e. The second kappa shape index (κ2) is 9.96. The van der Waals surface area contributed by atoms with Gasteiger partial charge in [0.15, 0.2) is 0 Å². The molecule has 2 saturated heterocycles. The standard InChI is InChI=1S/C26H27F2N3O5S/c1-17-7-8-24(18-5-3-2-4-6-18)37(33,34)31(17)14-19-11-23(28)21(13-22(19)27)26(15-35-16-26)29-25(32)12-20-9-10-36-30-20/h2-6,9-11,13,17,24H,7-8,12,14-16H2,1H3,(H,29,32)/t17-,24+/m0/s1. The molecule has 37 heavy (non-hydrogen) atoms. The third-order valence-electron chi connectivity index (χ3n) is 7.08. The second-order valence-electron chi connectivity index (χ2n) is 9.63. The van der Waals surface area contributed by atoms with Crippen LogP contribution in [0.3, 0.4) is 0 Å². The molecule has 2 aliphatic heterocycles. The first-order chi connectivity index (χ1) is 17.7.